The van der Waals surface area contributed by atoms with Gasteiger partial charge in [-0.2, -0.15) is 11.8 Å². The van der Waals surface area contributed by atoms with Crippen molar-refractivity contribution in [1.29, 1.82) is 0 Å². The molecule has 3 rings (SSSR count). The van der Waals surface area contributed by atoms with Crippen LogP contribution >= 0.6 is 11.8 Å². The Labute approximate surface area is 118 Å². The van der Waals surface area contributed by atoms with E-state index in [2.05, 4.69) is 11.0 Å². The van der Waals surface area contributed by atoms with Gasteiger partial charge in [-0.05, 0) is 24.8 Å². The van der Waals surface area contributed by atoms with E-state index in [0.717, 1.165) is 31.0 Å². The fourth-order valence-electron chi connectivity index (χ4n) is 2.66. The van der Waals surface area contributed by atoms with Crippen molar-refractivity contribution in [2.45, 2.75) is 19.5 Å². The van der Waals surface area contributed by atoms with Crippen LogP contribution < -0.4 is 5.73 Å². The molecule has 1 saturated heterocycles. The van der Waals surface area contributed by atoms with Gasteiger partial charge in [-0.1, -0.05) is 18.2 Å². The van der Waals surface area contributed by atoms with Gasteiger partial charge in [0.2, 0.25) is 0 Å². The van der Waals surface area contributed by atoms with E-state index in [1.807, 2.05) is 30.0 Å². The molecule has 0 atom stereocenters. The summed E-state index contributed by atoms with van der Waals surface area (Å²) in [6.07, 6.45) is 1.27. The Bertz CT molecular complexity index is 544. The lowest BCUT2D eigenvalue weighted by molar-refractivity contribution is 0.264. The molecule has 3 nitrogen and oxygen atoms in total. The van der Waals surface area contributed by atoms with E-state index in [9.17, 15) is 0 Å². The Morgan fingerprint density at radius 3 is 3.00 bits per heavy atom. The first-order valence-corrected chi connectivity index (χ1v) is 8.03. The zero-order valence-corrected chi connectivity index (χ0v) is 11.9. The number of benzene rings is 1. The highest BCUT2D eigenvalue weighted by Crippen LogP contribution is 2.27. The Morgan fingerprint density at radius 1 is 1.21 bits per heavy atom. The molecule has 1 aromatic carbocycles. The molecule has 2 N–H and O–H groups in total. The lowest BCUT2D eigenvalue weighted by atomic mass is 10.1. The third-order valence-corrected chi connectivity index (χ3v) is 4.72. The van der Waals surface area contributed by atoms with E-state index in [0.29, 0.717) is 6.54 Å². The van der Waals surface area contributed by atoms with Gasteiger partial charge in [0.15, 0.2) is 0 Å². The van der Waals surface area contributed by atoms with Crippen molar-refractivity contribution in [1.82, 2.24) is 4.90 Å². The Morgan fingerprint density at radius 2 is 2.11 bits per heavy atom. The van der Waals surface area contributed by atoms with Gasteiger partial charge < -0.3 is 10.2 Å². The summed E-state index contributed by atoms with van der Waals surface area (Å²) in [6.45, 7) is 3.75. The van der Waals surface area contributed by atoms with Crippen LogP contribution in [0, 0.1) is 0 Å². The van der Waals surface area contributed by atoms with Gasteiger partial charge >= 0.3 is 0 Å². The minimum absolute atomic E-state index is 0.551. The summed E-state index contributed by atoms with van der Waals surface area (Å²) in [5.74, 6) is 3.55. The Hall–Kier alpha value is -0.970. The van der Waals surface area contributed by atoms with Crippen molar-refractivity contribution in [2.75, 3.05) is 24.6 Å². The second-order valence-corrected chi connectivity index (χ2v) is 6.17. The summed E-state index contributed by atoms with van der Waals surface area (Å²) >= 11 is 2.05. The lowest BCUT2D eigenvalue weighted by Gasteiger charge is -2.18. The zero-order valence-electron chi connectivity index (χ0n) is 11.1. The first kappa shape index (κ1) is 13.0. The van der Waals surface area contributed by atoms with Crippen molar-refractivity contribution in [3.8, 4) is 0 Å². The van der Waals surface area contributed by atoms with E-state index in [-0.39, 0.29) is 0 Å². The molecule has 2 aromatic rings. The molecule has 1 aliphatic heterocycles. The molecule has 102 valence electrons. The Kier molecular flexibility index (Phi) is 4.11. The summed E-state index contributed by atoms with van der Waals surface area (Å²) in [5.41, 5.74) is 8.05. The summed E-state index contributed by atoms with van der Waals surface area (Å²) in [4.78, 5) is 2.48. The number of fused-ring (bicyclic) bond motifs is 1. The topological polar surface area (TPSA) is 42.4 Å². The van der Waals surface area contributed by atoms with Crippen LogP contribution in [0.4, 0.5) is 0 Å². The van der Waals surface area contributed by atoms with Crippen LogP contribution in [0.25, 0.3) is 11.0 Å². The minimum Gasteiger partial charge on any atom is -0.459 e. The molecule has 0 aliphatic carbocycles. The van der Waals surface area contributed by atoms with Crippen LogP contribution in [0.5, 0.6) is 0 Å². The first-order valence-electron chi connectivity index (χ1n) is 6.88. The fourth-order valence-corrected chi connectivity index (χ4v) is 3.58. The number of hydrogen-bond acceptors (Lipinski definition) is 4. The molecule has 0 saturated carbocycles. The normalized spacial score (nSPS) is 17.7. The predicted molar refractivity (Wildman–Crippen MR) is 81.3 cm³/mol. The van der Waals surface area contributed by atoms with Gasteiger partial charge in [0.25, 0.3) is 0 Å². The largest absolute Gasteiger partial charge is 0.459 e. The number of para-hydroxylation sites is 1. The van der Waals surface area contributed by atoms with Crippen LogP contribution in [0.15, 0.2) is 28.7 Å². The summed E-state index contributed by atoms with van der Waals surface area (Å²) < 4.78 is 6.01. The highest BCUT2D eigenvalue weighted by molar-refractivity contribution is 7.99. The van der Waals surface area contributed by atoms with Crippen molar-refractivity contribution < 1.29 is 4.42 Å². The minimum atomic E-state index is 0.551. The number of furan rings is 1. The monoisotopic (exact) mass is 276 g/mol. The van der Waals surface area contributed by atoms with Crippen molar-refractivity contribution >= 4 is 22.7 Å². The van der Waals surface area contributed by atoms with E-state index in [4.69, 9.17) is 10.2 Å². The summed E-state index contributed by atoms with van der Waals surface area (Å²) in [5, 5.41) is 1.17. The maximum absolute atomic E-state index is 6.01. The number of nitrogens with zero attached hydrogens (tertiary/aromatic N) is 1. The molecule has 1 aromatic heterocycles. The molecule has 0 bridgehead atoms. The third kappa shape index (κ3) is 2.81. The van der Waals surface area contributed by atoms with Crippen molar-refractivity contribution in [2.24, 2.45) is 5.73 Å². The predicted octanol–water partition coefficient (Wildman–Crippen LogP) is 2.83. The molecule has 4 heteroatoms. The Balaban J connectivity index is 1.87. The smallest absolute Gasteiger partial charge is 0.134 e. The fraction of sp³-hybridized carbons (Fsp3) is 0.467. The maximum Gasteiger partial charge on any atom is 0.134 e. The molecule has 2 heterocycles. The van der Waals surface area contributed by atoms with Gasteiger partial charge in [0, 0.05) is 29.8 Å². The highest BCUT2D eigenvalue weighted by atomic mass is 32.2. The van der Waals surface area contributed by atoms with Crippen LogP contribution in [-0.2, 0) is 13.1 Å². The van der Waals surface area contributed by atoms with Crippen LogP contribution in [0.2, 0.25) is 0 Å². The van der Waals surface area contributed by atoms with Gasteiger partial charge in [-0.15, -0.1) is 0 Å². The van der Waals surface area contributed by atoms with Gasteiger partial charge in [0.1, 0.15) is 11.3 Å². The highest BCUT2D eigenvalue weighted by Gasteiger charge is 2.16. The van der Waals surface area contributed by atoms with Crippen LogP contribution in [0.3, 0.4) is 0 Å². The quantitative estimate of drug-likeness (QED) is 0.936. The second-order valence-electron chi connectivity index (χ2n) is 4.95. The third-order valence-electron chi connectivity index (χ3n) is 3.67. The van der Waals surface area contributed by atoms with Crippen LogP contribution in [-0.4, -0.2) is 29.5 Å². The average Bonchev–Trinajstić information content (AvgIpc) is 2.60. The molecule has 0 unspecified atom stereocenters. The SMILES string of the molecule is NCc1c(CN2CCCSCC2)oc2ccccc12. The molecule has 0 amide bonds. The zero-order chi connectivity index (χ0) is 13.1. The summed E-state index contributed by atoms with van der Waals surface area (Å²) in [7, 11) is 0. The maximum atomic E-state index is 6.01. The number of nitrogens with two attached hydrogens (primary N) is 1. The van der Waals surface area contributed by atoms with Gasteiger partial charge in [0.05, 0.1) is 6.54 Å². The molecule has 1 aliphatic rings. The van der Waals surface area contributed by atoms with E-state index in [1.165, 1.54) is 28.9 Å². The molecular weight excluding hydrogens is 256 g/mol. The molecule has 19 heavy (non-hydrogen) atoms. The van der Waals surface area contributed by atoms with E-state index in [1.54, 1.807) is 0 Å². The number of hydrogen-bond donors (Lipinski definition) is 1. The van der Waals surface area contributed by atoms with Crippen LogP contribution in [0.1, 0.15) is 17.7 Å². The van der Waals surface area contributed by atoms with Gasteiger partial charge in [-0.25, -0.2) is 0 Å². The first-order chi connectivity index (χ1) is 9.38. The molecular formula is C15H20N2OS. The summed E-state index contributed by atoms with van der Waals surface area (Å²) in [6, 6.07) is 8.18. The molecule has 1 fully saturated rings. The standard InChI is InChI=1S/C15H20N2OS/c16-10-13-12-4-1-2-5-14(12)18-15(13)11-17-6-3-8-19-9-7-17/h1-2,4-5H,3,6-11,16H2. The lowest BCUT2D eigenvalue weighted by Crippen LogP contribution is -2.25. The van der Waals surface area contributed by atoms with Gasteiger partial charge in [-0.3, -0.25) is 4.90 Å². The number of rotatable bonds is 3. The molecule has 0 radical (unpaired) electrons. The number of thioether (sulfide) groups is 1. The van der Waals surface area contributed by atoms with Crippen molar-refractivity contribution in [3.63, 3.8) is 0 Å². The van der Waals surface area contributed by atoms with Crippen molar-refractivity contribution in [3.05, 3.63) is 35.6 Å². The molecule has 0 spiro atoms. The average molecular weight is 276 g/mol. The van der Waals surface area contributed by atoms with E-state index < -0.39 is 0 Å². The second kappa shape index (κ2) is 5.99. The van der Waals surface area contributed by atoms with E-state index >= 15 is 0 Å².